The first-order valence-electron chi connectivity index (χ1n) is 8.20. The maximum Gasteiger partial charge on any atom is 0.308 e. The van der Waals surface area contributed by atoms with Crippen LogP contribution < -0.4 is 5.32 Å². The summed E-state index contributed by atoms with van der Waals surface area (Å²) < 4.78 is 0. The number of rotatable bonds is 6. The monoisotopic (exact) mass is 352 g/mol. The summed E-state index contributed by atoms with van der Waals surface area (Å²) in [6.45, 7) is 4.14. The molecule has 0 unspecified atom stereocenters. The van der Waals surface area contributed by atoms with E-state index in [1.54, 1.807) is 0 Å². The Morgan fingerprint density at radius 2 is 1.88 bits per heavy atom. The third kappa shape index (κ3) is 4.06. The van der Waals surface area contributed by atoms with E-state index in [1.807, 2.05) is 43.3 Å². The Bertz CT molecular complexity index is 885. The molecule has 0 spiro atoms. The van der Waals surface area contributed by atoms with Crippen LogP contribution in [0.25, 0.3) is 11.3 Å². The van der Waals surface area contributed by atoms with Crippen LogP contribution in [-0.2, 0) is 17.6 Å². The van der Waals surface area contributed by atoms with Crippen LogP contribution in [0.1, 0.15) is 22.9 Å². The van der Waals surface area contributed by atoms with Crippen molar-refractivity contribution in [1.82, 2.24) is 4.98 Å². The third-order valence-corrected chi connectivity index (χ3v) is 5.00. The molecule has 0 amide bonds. The van der Waals surface area contributed by atoms with Crippen molar-refractivity contribution in [2.24, 2.45) is 0 Å². The van der Waals surface area contributed by atoms with Gasteiger partial charge in [-0.3, -0.25) is 4.79 Å². The predicted molar refractivity (Wildman–Crippen MR) is 103 cm³/mol. The molecule has 0 aliphatic rings. The van der Waals surface area contributed by atoms with Gasteiger partial charge in [-0.25, -0.2) is 4.98 Å². The number of nitrogens with zero attached hydrogens (tertiary/aromatic N) is 1. The van der Waals surface area contributed by atoms with E-state index in [2.05, 4.69) is 29.4 Å². The Balaban J connectivity index is 1.97. The fourth-order valence-corrected chi connectivity index (χ4v) is 3.60. The van der Waals surface area contributed by atoms with Gasteiger partial charge in [-0.2, -0.15) is 0 Å². The minimum Gasteiger partial charge on any atom is -0.481 e. The molecular formula is C20H20N2O2S. The number of nitrogens with one attached hydrogen (secondary N) is 1. The molecule has 1 aromatic heterocycles. The van der Waals surface area contributed by atoms with Gasteiger partial charge in [-0.05, 0) is 30.5 Å². The number of anilines is 2. The SMILES string of the molecule is CCc1ccc(-c2nc(Nc3ccccc3C)sc2CC(=O)O)cc1. The summed E-state index contributed by atoms with van der Waals surface area (Å²) in [7, 11) is 0. The van der Waals surface area contributed by atoms with Crippen molar-refractivity contribution in [1.29, 1.82) is 0 Å². The van der Waals surface area contributed by atoms with Gasteiger partial charge in [0.25, 0.3) is 0 Å². The fraction of sp³-hybridized carbons (Fsp3) is 0.200. The van der Waals surface area contributed by atoms with Crippen LogP contribution in [-0.4, -0.2) is 16.1 Å². The van der Waals surface area contributed by atoms with Crippen molar-refractivity contribution in [2.75, 3.05) is 5.32 Å². The highest BCUT2D eigenvalue weighted by Crippen LogP contribution is 2.34. The van der Waals surface area contributed by atoms with E-state index in [4.69, 9.17) is 0 Å². The number of carboxylic acids is 1. The third-order valence-electron chi connectivity index (χ3n) is 4.03. The van der Waals surface area contributed by atoms with Gasteiger partial charge in [0.15, 0.2) is 5.13 Å². The van der Waals surface area contributed by atoms with Gasteiger partial charge < -0.3 is 10.4 Å². The molecule has 0 bridgehead atoms. The molecule has 0 aliphatic heterocycles. The maximum absolute atomic E-state index is 11.2. The van der Waals surface area contributed by atoms with E-state index < -0.39 is 5.97 Å². The predicted octanol–water partition coefficient (Wildman–Crippen LogP) is 5.05. The number of hydrogen-bond donors (Lipinski definition) is 2. The molecule has 4 nitrogen and oxygen atoms in total. The zero-order valence-electron chi connectivity index (χ0n) is 14.2. The lowest BCUT2D eigenvalue weighted by Gasteiger charge is -2.05. The minimum atomic E-state index is -0.850. The van der Waals surface area contributed by atoms with E-state index in [0.29, 0.717) is 5.13 Å². The number of aliphatic carboxylic acids is 1. The number of aryl methyl sites for hydroxylation is 2. The summed E-state index contributed by atoms with van der Waals surface area (Å²) >= 11 is 1.39. The molecule has 3 rings (SSSR count). The number of carboxylic acid groups (broad SMARTS) is 1. The first kappa shape index (κ1) is 17.2. The first-order valence-corrected chi connectivity index (χ1v) is 9.02. The van der Waals surface area contributed by atoms with Crippen LogP contribution in [0.2, 0.25) is 0 Å². The van der Waals surface area contributed by atoms with E-state index >= 15 is 0 Å². The lowest BCUT2D eigenvalue weighted by Crippen LogP contribution is -1.99. The Morgan fingerprint density at radius 1 is 1.16 bits per heavy atom. The second-order valence-corrected chi connectivity index (χ2v) is 6.94. The van der Waals surface area contributed by atoms with E-state index in [9.17, 15) is 9.90 Å². The molecule has 0 fully saturated rings. The van der Waals surface area contributed by atoms with E-state index in [1.165, 1.54) is 16.9 Å². The number of thiazole rings is 1. The zero-order chi connectivity index (χ0) is 17.8. The second-order valence-electron chi connectivity index (χ2n) is 5.85. The summed E-state index contributed by atoms with van der Waals surface area (Å²) in [5.41, 5.74) is 5.03. The van der Waals surface area contributed by atoms with Gasteiger partial charge in [-0.1, -0.05) is 49.4 Å². The standard InChI is InChI=1S/C20H20N2O2S/c1-3-14-8-10-15(11-9-14)19-17(12-18(23)24)25-20(22-19)21-16-7-5-4-6-13(16)2/h4-11H,3,12H2,1-2H3,(H,21,22)(H,23,24). The molecule has 128 valence electrons. The smallest absolute Gasteiger partial charge is 0.308 e. The van der Waals surface area contributed by atoms with Gasteiger partial charge in [-0.15, -0.1) is 11.3 Å². The molecule has 0 aliphatic carbocycles. The van der Waals surface area contributed by atoms with Gasteiger partial charge in [0.05, 0.1) is 12.1 Å². The van der Waals surface area contributed by atoms with Crippen LogP contribution in [0.3, 0.4) is 0 Å². The average molecular weight is 352 g/mol. The highest BCUT2D eigenvalue weighted by Gasteiger charge is 2.16. The lowest BCUT2D eigenvalue weighted by atomic mass is 10.1. The summed E-state index contributed by atoms with van der Waals surface area (Å²) in [4.78, 5) is 16.7. The fourth-order valence-electron chi connectivity index (χ4n) is 2.61. The van der Waals surface area contributed by atoms with Crippen molar-refractivity contribution >= 4 is 28.1 Å². The van der Waals surface area contributed by atoms with Gasteiger partial charge in [0.1, 0.15) is 0 Å². The van der Waals surface area contributed by atoms with Gasteiger partial charge in [0, 0.05) is 16.1 Å². The van der Waals surface area contributed by atoms with Crippen molar-refractivity contribution in [3.63, 3.8) is 0 Å². The van der Waals surface area contributed by atoms with Crippen LogP contribution in [0.15, 0.2) is 48.5 Å². The summed E-state index contributed by atoms with van der Waals surface area (Å²) in [5.74, 6) is -0.850. The summed E-state index contributed by atoms with van der Waals surface area (Å²) in [6, 6.07) is 16.1. The van der Waals surface area contributed by atoms with E-state index in [0.717, 1.165) is 33.8 Å². The first-order chi connectivity index (χ1) is 12.1. The number of benzene rings is 2. The minimum absolute atomic E-state index is 0.0298. The Labute approximate surface area is 151 Å². The lowest BCUT2D eigenvalue weighted by molar-refractivity contribution is -0.136. The largest absolute Gasteiger partial charge is 0.481 e. The number of para-hydroxylation sites is 1. The molecule has 5 heteroatoms. The second kappa shape index (κ2) is 7.49. The normalized spacial score (nSPS) is 10.6. The molecule has 0 saturated carbocycles. The van der Waals surface area contributed by atoms with E-state index in [-0.39, 0.29) is 6.42 Å². The molecule has 25 heavy (non-hydrogen) atoms. The molecule has 2 N–H and O–H groups in total. The van der Waals surface area contributed by atoms with Crippen LogP contribution >= 0.6 is 11.3 Å². The van der Waals surface area contributed by atoms with Crippen molar-refractivity contribution in [3.05, 3.63) is 64.5 Å². The maximum atomic E-state index is 11.2. The van der Waals surface area contributed by atoms with Crippen LogP contribution in [0.5, 0.6) is 0 Å². The van der Waals surface area contributed by atoms with Crippen LogP contribution in [0, 0.1) is 6.92 Å². The average Bonchev–Trinajstić information content (AvgIpc) is 2.98. The van der Waals surface area contributed by atoms with Crippen molar-refractivity contribution in [2.45, 2.75) is 26.7 Å². The Kier molecular flexibility index (Phi) is 5.14. The van der Waals surface area contributed by atoms with Crippen LogP contribution in [0.4, 0.5) is 10.8 Å². The van der Waals surface area contributed by atoms with Gasteiger partial charge in [0.2, 0.25) is 0 Å². The molecule has 0 radical (unpaired) electrons. The molecule has 2 aromatic carbocycles. The highest BCUT2D eigenvalue weighted by molar-refractivity contribution is 7.16. The zero-order valence-corrected chi connectivity index (χ0v) is 15.1. The number of carbonyl (C=O) groups is 1. The molecule has 3 aromatic rings. The van der Waals surface area contributed by atoms with Gasteiger partial charge >= 0.3 is 5.97 Å². The molecule has 0 saturated heterocycles. The summed E-state index contributed by atoms with van der Waals surface area (Å²) in [6.07, 6.45) is 0.942. The molecule has 1 heterocycles. The Morgan fingerprint density at radius 3 is 2.52 bits per heavy atom. The summed E-state index contributed by atoms with van der Waals surface area (Å²) in [5, 5.41) is 13.2. The van der Waals surface area contributed by atoms with Crippen molar-refractivity contribution in [3.8, 4) is 11.3 Å². The quantitative estimate of drug-likeness (QED) is 0.651. The highest BCUT2D eigenvalue weighted by atomic mass is 32.1. The van der Waals surface area contributed by atoms with Crippen molar-refractivity contribution < 1.29 is 9.90 Å². The topological polar surface area (TPSA) is 62.2 Å². The number of aromatic nitrogens is 1. The molecular weight excluding hydrogens is 332 g/mol. The molecule has 0 atom stereocenters. The Hall–Kier alpha value is -2.66. The number of hydrogen-bond acceptors (Lipinski definition) is 4.